The highest BCUT2D eigenvalue weighted by Crippen LogP contribution is 2.13. The van der Waals surface area contributed by atoms with E-state index >= 15 is 0 Å². The van der Waals surface area contributed by atoms with Gasteiger partial charge in [0.2, 0.25) is 0 Å². The number of hydrogen-bond acceptors (Lipinski definition) is 3. The molecule has 1 heterocycles. The maximum atomic E-state index is 10.6. The van der Waals surface area contributed by atoms with Crippen LogP contribution in [-0.4, -0.2) is 49.2 Å². The van der Waals surface area contributed by atoms with E-state index in [0.717, 1.165) is 25.4 Å². The topological polar surface area (TPSA) is 52.6 Å². The molecule has 0 aromatic rings. The number of hydrogen-bond donors (Lipinski definition) is 2. The second-order valence-electron chi connectivity index (χ2n) is 5.00. The Balaban J connectivity index is 2.04. The van der Waals surface area contributed by atoms with Gasteiger partial charge in [-0.25, -0.2) is 0 Å². The van der Waals surface area contributed by atoms with Crippen molar-refractivity contribution in [1.29, 1.82) is 0 Å². The Labute approximate surface area is 98.0 Å². The average molecular weight is 228 g/mol. The van der Waals surface area contributed by atoms with Gasteiger partial charge in [-0.3, -0.25) is 4.79 Å². The summed E-state index contributed by atoms with van der Waals surface area (Å²) in [6, 6.07) is 0. The highest BCUT2D eigenvalue weighted by atomic mass is 16.4. The summed E-state index contributed by atoms with van der Waals surface area (Å²) in [6.07, 6.45) is 3.30. The second-order valence-corrected chi connectivity index (χ2v) is 5.00. The van der Waals surface area contributed by atoms with Gasteiger partial charge in [-0.15, -0.1) is 0 Å². The minimum atomic E-state index is -0.695. The molecule has 1 aliphatic heterocycles. The molecule has 0 aliphatic carbocycles. The predicted octanol–water partition coefficient (Wildman–Crippen LogP) is 1.03. The zero-order valence-electron chi connectivity index (χ0n) is 10.4. The van der Waals surface area contributed by atoms with Crippen LogP contribution in [0.2, 0.25) is 0 Å². The Hall–Kier alpha value is -0.610. The summed E-state index contributed by atoms with van der Waals surface area (Å²) in [5.41, 5.74) is 0. The highest BCUT2D eigenvalue weighted by Gasteiger charge is 2.16. The summed E-state index contributed by atoms with van der Waals surface area (Å²) >= 11 is 0. The molecule has 1 rings (SSSR count). The normalized spacial score (nSPS) is 24.2. The number of piperidine rings is 1. The number of carbonyl (C=O) groups is 1. The Bertz CT molecular complexity index is 221. The molecule has 1 fully saturated rings. The van der Waals surface area contributed by atoms with Crippen molar-refractivity contribution in [3.8, 4) is 0 Å². The lowest BCUT2D eigenvalue weighted by molar-refractivity contribution is -0.141. The smallest absolute Gasteiger partial charge is 0.306 e. The first-order valence-electron chi connectivity index (χ1n) is 6.21. The average Bonchev–Trinajstić information content (AvgIpc) is 2.24. The zero-order valence-corrected chi connectivity index (χ0v) is 10.4. The molecule has 4 nitrogen and oxygen atoms in total. The summed E-state index contributed by atoms with van der Waals surface area (Å²) in [6.45, 7) is 5.98. The quantitative estimate of drug-likeness (QED) is 0.667. The first-order chi connectivity index (χ1) is 7.59. The molecule has 0 saturated carbocycles. The van der Waals surface area contributed by atoms with Crippen LogP contribution >= 0.6 is 0 Å². The van der Waals surface area contributed by atoms with Crippen LogP contribution in [0, 0.1) is 11.8 Å². The van der Waals surface area contributed by atoms with E-state index in [1.54, 1.807) is 6.92 Å². The summed E-state index contributed by atoms with van der Waals surface area (Å²) in [4.78, 5) is 13.0. The van der Waals surface area contributed by atoms with Crippen molar-refractivity contribution in [3.05, 3.63) is 0 Å². The lowest BCUT2D eigenvalue weighted by atomic mass is 9.98. The molecule has 0 amide bonds. The van der Waals surface area contributed by atoms with Gasteiger partial charge in [-0.1, -0.05) is 6.92 Å². The first kappa shape index (κ1) is 13.5. The van der Waals surface area contributed by atoms with E-state index in [-0.39, 0.29) is 5.92 Å². The number of carboxylic acid groups (broad SMARTS) is 1. The maximum Gasteiger partial charge on any atom is 0.306 e. The molecule has 0 aromatic carbocycles. The van der Waals surface area contributed by atoms with Gasteiger partial charge in [0.05, 0.1) is 5.92 Å². The van der Waals surface area contributed by atoms with Gasteiger partial charge in [0, 0.05) is 6.54 Å². The number of likely N-dealkylation sites (tertiary alicyclic amines) is 1. The van der Waals surface area contributed by atoms with Gasteiger partial charge in [-0.05, 0) is 51.9 Å². The van der Waals surface area contributed by atoms with Crippen LogP contribution in [0.15, 0.2) is 0 Å². The predicted molar refractivity (Wildman–Crippen MR) is 64.5 cm³/mol. The van der Waals surface area contributed by atoms with E-state index in [0.29, 0.717) is 0 Å². The fraction of sp³-hybridized carbons (Fsp3) is 0.917. The Kier molecular flexibility index (Phi) is 5.77. The summed E-state index contributed by atoms with van der Waals surface area (Å²) in [7, 11) is 2.17. The summed E-state index contributed by atoms with van der Waals surface area (Å²) in [5, 5.41) is 12.1. The van der Waals surface area contributed by atoms with Crippen molar-refractivity contribution in [2.24, 2.45) is 11.8 Å². The van der Waals surface area contributed by atoms with Crippen LogP contribution in [0.1, 0.15) is 26.2 Å². The molecule has 2 unspecified atom stereocenters. The molecule has 2 atom stereocenters. The molecule has 94 valence electrons. The molecule has 0 bridgehead atoms. The molecule has 1 saturated heterocycles. The Morgan fingerprint density at radius 3 is 3.00 bits per heavy atom. The molecule has 0 spiro atoms. The van der Waals surface area contributed by atoms with E-state index in [1.165, 1.54) is 25.9 Å². The molecule has 2 N–H and O–H groups in total. The van der Waals surface area contributed by atoms with Crippen molar-refractivity contribution < 1.29 is 9.90 Å². The number of carboxylic acids is 1. The SMILES string of the molecule is CC(CCNCC1CCCN(C)C1)C(=O)O. The second kappa shape index (κ2) is 6.86. The van der Waals surface area contributed by atoms with Crippen molar-refractivity contribution in [3.63, 3.8) is 0 Å². The van der Waals surface area contributed by atoms with Crippen LogP contribution in [0.4, 0.5) is 0 Å². The monoisotopic (exact) mass is 228 g/mol. The summed E-state index contributed by atoms with van der Waals surface area (Å²) in [5.74, 6) is -0.195. The number of aliphatic carboxylic acids is 1. The molecular formula is C12H24N2O2. The van der Waals surface area contributed by atoms with E-state index in [9.17, 15) is 4.79 Å². The van der Waals surface area contributed by atoms with Crippen LogP contribution in [-0.2, 0) is 4.79 Å². The fourth-order valence-electron chi connectivity index (χ4n) is 2.19. The van der Waals surface area contributed by atoms with Crippen molar-refractivity contribution in [2.75, 3.05) is 33.2 Å². The van der Waals surface area contributed by atoms with E-state index in [2.05, 4.69) is 17.3 Å². The number of nitrogens with zero attached hydrogens (tertiary/aromatic N) is 1. The first-order valence-corrected chi connectivity index (χ1v) is 6.21. The number of rotatable bonds is 6. The Morgan fingerprint density at radius 2 is 2.38 bits per heavy atom. The largest absolute Gasteiger partial charge is 0.481 e. The minimum Gasteiger partial charge on any atom is -0.481 e. The highest BCUT2D eigenvalue weighted by molar-refractivity contribution is 5.69. The van der Waals surface area contributed by atoms with Gasteiger partial charge < -0.3 is 15.3 Å². The minimum absolute atomic E-state index is 0.235. The summed E-state index contributed by atoms with van der Waals surface area (Å²) < 4.78 is 0. The molecule has 1 aliphatic rings. The molecule has 16 heavy (non-hydrogen) atoms. The third kappa shape index (κ3) is 4.94. The third-order valence-corrected chi connectivity index (χ3v) is 3.33. The van der Waals surface area contributed by atoms with Crippen LogP contribution in [0.3, 0.4) is 0 Å². The molecular weight excluding hydrogens is 204 g/mol. The van der Waals surface area contributed by atoms with E-state index in [1.807, 2.05) is 0 Å². The van der Waals surface area contributed by atoms with Crippen LogP contribution < -0.4 is 5.32 Å². The molecule has 4 heteroatoms. The van der Waals surface area contributed by atoms with Gasteiger partial charge in [0.25, 0.3) is 0 Å². The van der Waals surface area contributed by atoms with Gasteiger partial charge >= 0.3 is 5.97 Å². The molecule has 0 radical (unpaired) electrons. The third-order valence-electron chi connectivity index (χ3n) is 3.33. The van der Waals surface area contributed by atoms with Gasteiger partial charge in [0.1, 0.15) is 0 Å². The Morgan fingerprint density at radius 1 is 1.62 bits per heavy atom. The zero-order chi connectivity index (χ0) is 12.0. The van der Waals surface area contributed by atoms with Crippen molar-refractivity contribution in [2.45, 2.75) is 26.2 Å². The van der Waals surface area contributed by atoms with Gasteiger partial charge in [-0.2, -0.15) is 0 Å². The fourth-order valence-corrected chi connectivity index (χ4v) is 2.19. The molecule has 0 aromatic heterocycles. The van der Waals surface area contributed by atoms with E-state index < -0.39 is 5.97 Å². The lowest BCUT2D eigenvalue weighted by Gasteiger charge is -2.29. The van der Waals surface area contributed by atoms with Gasteiger partial charge in [0.15, 0.2) is 0 Å². The maximum absolute atomic E-state index is 10.6. The lowest BCUT2D eigenvalue weighted by Crippen LogP contribution is -2.37. The van der Waals surface area contributed by atoms with Crippen molar-refractivity contribution in [1.82, 2.24) is 10.2 Å². The van der Waals surface area contributed by atoms with Crippen LogP contribution in [0.25, 0.3) is 0 Å². The van der Waals surface area contributed by atoms with E-state index in [4.69, 9.17) is 5.11 Å². The van der Waals surface area contributed by atoms with Crippen LogP contribution in [0.5, 0.6) is 0 Å². The standard InChI is InChI=1S/C12H24N2O2/c1-10(12(15)16)5-6-13-8-11-4-3-7-14(2)9-11/h10-11,13H,3-9H2,1-2H3,(H,15,16). The van der Waals surface area contributed by atoms with Crippen molar-refractivity contribution >= 4 is 5.97 Å². The number of nitrogens with one attached hydrogen (secondary N) is 1.